The largest absolute Gasteiger partial charge is 0.326 e. The van der Waals surface area contributed by atoms with Gasteiger partial charge in [-0.2, -0.15) is 5.10 Å². The molecule has 0 spiro atoms. The molecule has 7 heteroatoms. The number of hydrogen-bond acceptors (Lipinski definition) is 3. The van der Waals surface area contributed by atoms with Gasteiger partial charge in [0.15, 0.2) is 0 Å². The first-order valence-electron chi connectivity index (χ1n) is 10.8. The Kier molecular flexibility index (Phi) is 5.74. The van der Waals surface area contributed by atoms with E-state index in [0.717, 1.165) is 33.4 Å². The monoisotopic (exact) mass is 451 g/mol. The highest BCUT2D eigenvalue weighted by Crippen LogP contribution is 2.24. The zero-order chi connectivity index (χ0) is 23.5. The maximum atomic E-state index is 13.3. The molecular weight excluding hydrogens is 429 g/mol. The number of benzene rings is 3. The lowest BCUT2D eigenvalue weighted by atomic mass is 10.1. The standard InChI is InChI=1S/C27H22FN5O/c1-32-27(20-8-11-22(28)12-9-20)21(16-30-32)10-15-26(34)31-23-13-6-19(7-14-23)17-33-18-29-24-4-2-3-5-25(24)33/h2-16,18H,17H2,1H3,(H,31,34). The van der Waals surface area contributed by atoms with Gasteiger partial charge in [-0.3, -0.25) is 9.48 Å². The van der Waals surface area contributed by atoms with Gasteiger partial charge in [0, 0.05) is 36.5 Å². The third-order valence-corrected chi connectivity index (χ3v) is 5.60. The fraction of sp³-hybridized carbons (Fsp3) is 0.0741. The van der Waals surface area contributed by atoms with Crippen LogP contribution in [0, 0.1) is 5.82 Å². The minimum atomic E-state index is -0.299. The summed E-state index contributed by atoms with van der Waals surface area (Å²) in [6, 6.07) is 22.0. The van der Waals surface area contributed by atoms with Crippen LogP contribution in [0.4, 0.5) is 10.1 Å². The lowest BCUT2D eigenvalue weighted by molar-refractivity contribution is -0.111. The minimum Gasteiger partial charge on any atom is -0.326 e. The van der Waals surface area contributed by atoms with Crippen LogP contribution >= 0.6 is 0 Å². The van der Waals surface area contributed by atoms with Crippen molar-refractivity contribution in [2.24, 2.45) is 7.05 Å². The fourth-order valence-electron chi connectivity index (χ4n) is 3.91. The third kappa shape index (κ3) is 4.49. The van der Waals surface area contributed by atoms with Gasteiger partial charge in [0.05, 0.1) is 29.3 Å². The number of anilines is 1. The van der Waals surface area contributed by atoms with Gasteiger partial charge in [-0.05, 0) is 60.2 Å². The van der Waals surface area contributed by atoms with Gasteiger partial charge in [0.1, 0.15) is 5.82 Å². The zero-order valence-electron chi connectivity index (χ0n) is 18.5. The van der Waals surface area contributed by atoms with Crippen molar-refractivity contribution in [3.05, 3.63) is 108 Å². The maximum absolute atomic E-state index is 13.3. The number of rotatable bonds is 6. The van der Waals surface area contributed by atoms with Crippen LogP contribution in [0.15, 0.2) is 91.4 Å². The first-order valence-corrected chi connectivity index (χ1v) is 10.8. The van der Waals surface area contributed by atoms with Crippen molar-refractivity contribution in [3.63, 3.8) is 0 Å². The Morgan fingerprint density at radius 3 is 2.59 bits per heavy atom. The van der Waals surface area contributed by atoms with Gasteiger partial charge in [0.25, 0.3) is 0 Å². The van der Waals surface area contributed by atoms with Crippen LogP contribution in [0.2, 0.25) is 0 Å². The Bertz CT molecular complexity index is 1480. The predicted octanol–water partition coefficient (Wildman–Crippen LogP) is 5.28. The van der Waals surface area contributed by atoms with Crippen molar-refractivity contribution in [1.29, 1.82) is 0 Å². The molecule has 5 rings (SSSR count). The van der Waals surface area contributed by atoms with E-state index in [2.05, 4.69) is 20.0 Å². The second-order valence-corrected chi connectivity index (χ2v) is 7.96. The van der Waals surface area contributed by atoms with E-state index in [1.54, 1.807) is 29.1 Å². The number of para-hydroxylation sites is 2. The third-order valence-electron chi connectivity index (χ3n) is 5.60. The molecule has 0 aliphatic rings. The molecule has 1 N–H and O–H groups in total. The molecule has 0 saturated carbocycles. The molecule has 0 aliphatic heterocycles. The summed E-state index contributed by atoms with van der Waals surface area (Å²) in [4.78, 5) is 16.9. The lowest BCUT2D eigenvalue weighted by Crippen LogP contribution is -2.08. The molecule has 2 aromatic heterocycles. The second-order valence-electron chi connectivity index (χ2n) is 7.96. The molecular formula is C27H22FN5O. The average Bonchev–Trinajstić information content (AvgIpc) is 3.43. The van der Waals surface area contributed by atoms with Crippen molar-refractivity contribution in [3.8, 4) is 11.3 Å². The number of aryl methyl sites for hydroxylation is 1. The molecule has 5 aromatic rings. The van der Waals surface area contributed by atoms with Crippen LogP contribution in [0.5, 0.6) is 0 Å². The van der Waals surface area contributed by atoms with Gasteiger partial charge in [-0.15, -0.1) is 0 Å². The van der Waals surface area contributed by atoms with Gasteiger partial charge in [0.2, 0.25) is 5.91 Å². The summed E-state index contributed by atoms with van der Waals surface area (Å²) in [5.41, 5.74) is 6.26. The lowest BCUT2D eigenvalue weighted by Gasteiger charge is -2.07. The topological polar surface area (TPSA) is 64.7 Å². The average molecular weight is 452 g/mol. The number of carbonyl (C=O) groups excluding carboxylic acids is 1. The van der Waals surface area contributed by atoms with E-state index < -0.39 is 0 Å². The number of fused-ring (bicyclic) bond motifs is 1. The van der Waals surface area contributed by atoms with E-state index in [-0.39, 0.29) is 11.7 Å². The van der Waals surface area contributed by atoms with Gasteiger partial charge >= 0.3 is 0 Å². The van der Waals surface area contributed by atoms with E-state index in [1.807, 2.05) is 61.9 Å². The molecule has 0 saturated heterocycles. The van der Waals surface area contributed by atoms with E-state index in [0.29, 0.717) is 12.2 Å². The number of imidazole rings is 1. The van der Waals surface area contributed by atoms with Crippen LogP contribution in [-0.2, 0) is 18.4 Å². The molecule has 0 bridgehead atoms. The highest BCUT2D eigenvalue weighted by Gasteiger charge is 2.10. The maximum Gasteiger partial charge on any atom is 0.248 e. The van der Waals surface area contributed by atoms with Crippen molar-refractivity contribution < 1.29 is 9.18 Å². The van der Waals surface area contributed by atoms with Crippen LogP contribution < -0.4 is 5.32 Å². The van der Waals surface area contributed by atoms with E-state index in [4.69, 9.17) is 0 Å². The fourth-order valence-corrected chi connectivity index (χ4v) is 3.91. The quantitative estimate of drug-likeness (QED) is 0.358. The van der Waals surface area contributed by atoms with Crippen LogP contribution in [0.1, 0.15) is 11.1 Å². The Morgan fingerprint density at radius 2 is 1.79 bits per heavy atom. The highest BCUT2D eigenvalue weighted by atomic mass is 19.1. The van der Waals surface area contributed by atoms with Gasteiger partial charge < -0.3 is 9.88 Å². The molecule has 0 aliphatic carbocycles. The Balaban J connectivity index is 1.25. The Labute approximate surface area is 196 Å². The first kappa shape index (κ1) is 21.3. The number of amides is 1. The number of carbonyl (C=O) groups is 1. The Hall–Kier alpha value is -4.52. The summed E-state index contributed by atoms with van der Waals surface area (Å²) < 4.78 is 17.1. The first-order chi connectivity index (χ1) is 16.6. The second kappa shape index (κ2) is 9.15. The highest BCUT2D eigenvalue weighted by molar-refractivity contribution is 6.02. The molecule has 0 unspecified atom stereocenters. The van der Waals surface area contributed by atoms with Gasteiger partial charge in [-0.25, -0.2) is 9.37 Å². The van der Waals surface area contributed by atoms with E-state index in [9.17, 15) is 9.18 Å². The minimum absolute atomic E-state index is 0.248. The number of hydrogen-bond donors (Lipinski definition) is 1. The van der Waals surface area contributed by atoms with E-state index in [1.165, 1.54) is 18.2 Å². The number of nitrogens with one attached hydrogen (secondary N) is 1. The summed E-state index contributed by atoms with van der Waals surface area (Å²) in [6.45, 7) is 0.696. The van der Waals surface area contributed by atoms with Crippen molar-refractivity contribution in [2.45, 2.75) is 6.54 Å². The molecule has 6 nitrogen and oxygen atoms in total. The van der Waals surface area contributed by atoms with E-state index >= 15 is 0 Å². The smallest absolute Gasteiger partial charge is 0.248 e. The molecule has 1 amide bonds. The van der Waals surface area contributed by atoms with Gasteiger partial charge in [-0.1, -0.05) is 24.3 Å². The summed E-state index contributed by atoms with van der Waals surface area (Å²) >= 11 is 0. The van der Waals surface area contributed by atoms with Crippen molar-refractivity contribution in [2.75, 3.05) is 5.32 Å². The summed E-state index contributed by atoms with van der Waals surface area (Å²) in [5.74, 6) is -0.547. The molecule has 2 heterocycles. The molecule has 3 aromatic carbocycles. The summed E-state index contributed by atoms with van der Waals surface area (Å²) in [5, 5.41) is 7.15. The molecule has 0 fully saturated rings. The SMILES string of the molecule is Cn1ncc(C=CC(=O)Nc2ccc(Cn3cnc4ccccc43)cc2)c1-c1ccc(F)cc1. The van der Waals surface area contributed by atoms with Crippen molar-refractivity contribution >= 4 is 28.7 Å². The molecule has 0 radical (unpaired) electrons. The number of halogens is 1. The predicted molar refractivity (Wildman–Crippen MR) is 132 cm³/mol. The van der Waals surface area contributed by atoms with Crippen LogP contribution in [0.25, 0.3) is 28.4 Å². The summed E-state index contributed by atoms with van der Waals surface area (Å²) in [7, 11) is 1.81. The zero-order valence-corrected chi connectivity index (χ0v) is 18.5. The van der Waals surface area contributed by atoms with Crippen molar-refractivity contribution in [1.82, 2.24) is 19.3 Å². The number of nitrogens with zero attached hydrogens (tertiary/aromatic N) is 4. The molecule has 168 valence electrons. The van der Waals surface area contributed by atoms with Crippen LogP contribution in [-0.4, -0.2) is 25.2 Å². The Morgan fingerprint density at radius 1 is 1.03 bits per heavy atom. The molecule has 0 atom stereocenters. The normalized spacial score (nSPS) is 11.4. The molecule has 34 heavy (non-hydrogen) atoms. The van der Waals surface area contributed by atoms with Crippen LogP contribution in [0.3, 0.4) is 0 Å². The number of aromatic nitrogens is 4. The summed E-state index contributed by atoms with van der Waals surface area (Å²) in [6.07, 6.45) is 6.69.